The highest BCUT2D eigenvalue weighted by Crippen LogP contribution is 2.31. The predicted molar refractivity (Wildman–Crippen MR) is 62.5 cm³/mol. The van der Waals surface area contributed by atoms with Crippen molar-refractivity contribution in [3.8, 4) is 11.5 Å². The zero-order valence-electron chi connectivity index (χ0n) is 9.61. The first-order chi connectivity index (χ1) is 7.58. The van der Waals surface area contributed by atoms with Gasteiger partial charge < -0.3 is 15.2 Å². The normalized spacial score (nSPS) is 10.4. The van der Waals surface area contributed by atoms with E-state index in [0.717, 1.165) is 5.56 Å². The Morgan fingerprint density at radius 1 is 1.25 bits per heavy atom. The monoisotopic (exact) mass is 221 g/mol. The van der Waals surface area contributed by atoms with Gasteiger partial charge in [-0.15, -0.1) is 0 Å². The molecule has 16 heavy (non-hydrogen) atoms. The number of carbonyl (C=O) groups excluding carboxylic acids is 1. The lowest BCUT2D eigenvalue weighted by Gasteiger charge is -2.11. The van der Waals surface area contributed by atoms with Gasteiger partial charge in [-0.25, -0.2) is 0 Å². The average molecular weight is 221 g/mol. The van der Waals surface area contributed by atoms with Crippen LogP contribution in [0.5, 0.6) is 11.5 Å². The van der Waals surface area contributed by atoms with Crippen LogP contribution < -0.4 is 15.2 Å². The fourth-order valence-corrected chi connectivity index (χ4v) is 1.40. The summed E-state index contributed by atoms with van der Waals surface area (Å²) >= 11 is 0. The summed E-state index contributed by atoms with van der Waals surface area (Å²) in [5, 5.41) is 0. The van der Waals surface area contributed by atoms with Gasteiger partial charge in [0.15, 0.2) is 0 Å². The molecule has 0 spiro atoms. The van der Waals surface area contributed by atoms with Crippen LogP contribution in [0.4, 0.5) is 0 Å². The van der Waals surface area contributed by atoms with E-state index in [0.29, 0.717) is 17.1 Å². The number of methoxy groups -OCH3 is 2. The molecule has 2 N–H and O–H groups in total. The van der Waals surface area contributed by atoms with E-state index < -0.39 is 5.91 Å². The third-order valence-electron chi connectivity index (χ3n) is 2.10. The van der Waals surface area contributed by atoms with Crippen molar-refractivity contribution in [3.63, 3.8) is 0 Å². The molecule has 0 atom stereocenters. The number of hydrogen-bond donors (Lipinski definition) is 1. The zero-order chi connectivity index (χ0) is 12.1. The van der Waals surface area contributed by atoms with E-state index in [-0.39, 0.29) is 0 Å². The van der Waals surface area contributed by atoms with Gasteiger partial charge in [-0.3, -0.25) is 4.79 Å². The molecule has 0 unspecified atom stereocenters. The molecule has 0 radical (unpaired) electrons. The maximum atomic E-state index is 10.7. The number of hydrogen-bond acceptors (Lipinski definition) is 3. The molecular weight excluding hydrogens is 206 g/mol. The number of rotatable bonds is 4. The fraction of sp³-hybridized carbons (Fsp3) is 0.250. The summed E-state index contributed by atoms with van der Waals surface area (Å²) < 4.78 is 10.4. The quantitative estimate of drug-likeness (QED) is 0.784. The van der Waals surface area contributed by atoms with Crippen LogP contribution in [-0.4, -0.2) is 20.1 Å². The van der Waals surface area contributed by atoms with Gasteiger partial charge in [0.1, 0.15) is 11.5 Å². The zero-order valence-corrected chi connectivity index (χ0v) is 9.61. The van der Waals surface area contributed by atoms with Gasteiger partial charge in [-0.05, 0) is 30.7 Å². The van der Waals surface area contributed by atoms with Gasteiger partial charge in [-0.1, -0.05) is 0 Å². The van der Waals surface area contributed by atoms with Crippen molar-refractivity contribution in [1.82, 2.24) is 0 Å². The Morgan fingerprint density at radius 2 is 1.75 bits per heavy atom. The number of ether oxygens (including phenoxy) is 2. The second kappa shape index (κ2) is 5.21. The van der Waals surface area contributed by atoms with Crippen molar-refractivity contribution >= 4 is 12.0 Å². The average Bonchev–Trinajstić information content (AvgIpc) is 2.25. The minimum absolute atomic E-state index is 0.510. The first-order valence-corrected chi connectivity index (χ1v) is 4.78. The molecule has 1 aromatic rings. The van der Waals surface area contributed by atoms with E-state index >= 15 is 0 Å². The summed E-state index contributed by atoms with van der Waals surface area (Å²) in [6.07, 6.45) is 2.86. The molecule has 0 aliphatic carbocycles. The van der Waals surface area contributed by atoms with Crippen LogP contribution >= 0.6 is 0 Å². The van der Waals surface area contributed by atoms with Crippen LogP contribution in [0.3, 0.4) is 0 Å². The van der Waals surface area contributed by atoms with Crippen LogP contribution in [0.1, 0.15) is 11.1 Å². The first kappa shape index (κ1) is 12.1. The predicted octanol–water partition coefficient (Wildman–Crippen LogP) is 1.51. The smallest absolute Gasteiger partial charge is 0.241 e. The highest BCUT2D eigenvalue weighted by Gasteiger charge is 2.08. The summed E-state index contributed by atoms with van der Waals surface area (Å²) in [6.45, 7) is 1.94. The topological polar surface area (TPSA) is 61.6 Å². The SMILES string of the molecule is COc1cc(C)cc(OC)c1/C=C/C(N)=O. The van der Waals surface area contributed by atoms with Crippen molar-refractivity contribution < 1.29 is 14.3 Å². The maximum absolute atomic E-state index is 10.7. The minimum Gasteiger partial charge on any atom is -0.496 e. The summed E-state index contributed by atoms with van der Waals surface area (Å²) in [6, 6.07) is 3.73. The van der Waals surface area contributed by atoms with Crippen LogP contribution in [0.25, 0.3) is 6.08 Å². The van der Waals surface area contributed by atoms with Gasteiger partial charge >= 0.3 is 0 Å². The molecule has 4 heteroatoms. The second-order valence-electron chi connectivity index (χ2n) is 3.32. The largest absolute Gasteiger partial charge is 0.496 e. The molecule has 0 fully saturated rings. The number of carbonyl (C=O) groups is 1. The molecule has 0 aliphatic rings. The van der Waals surface area contributed by atoms with Gasteiger partial charge in [0.25, 0.3) is 0 Å². The molecule has 0 heterocycles. The minimum atomic E-state index is -0.510. The summed E-state index contributed by atoms with van der Waals surface area (Å²) in [5.41, 5.74) is 6.77. The van der Waals surface area contributed by atoms with Crippen LogP contribution in [0.15, 0.2) is 18.2 Å². The highest BCUT2D eigenvalue weighted by molar-refractivity contribution is 5.91. The van der Waals surface area contributed by atoms with E-state index in [1.54, 1.807) is 20.3 Å². The van der Waals surface area contributed by atoms with E-state index in [9.17, 15) is 4.79 Å². The maximum Gasteiger partial charge on any atom is 0.241 e. The van der Waals surface area contributed by atoms with E-state index in [2.05, 4.69) is 0 Å². The van der Waals surface area contributed by atoms with E-state index in [1.807, 2.05) is 19.1 Å². The lowest BCUT2D eigenvalue weighted by molar-refractivity contribution is -0.113. The summed E-state index contributed by atoms with van der Waals surface area (Å²) in [5.74, 6) is 0.786. The molecular formula is C12H15NO3. The van der Waals surface area contributed by atoms with Crippen molar-refractivity contribution in [2.24, 2.45) is 5.73 Å². The van der Waals surface area contributed by atoms with Crippen LogP contribution in [-0.2, 0) is 4.79 Å². The standard InChI is InChI=1S/C12H15NO3/c1-8-6-10(15-2)9(4-5-12(13)14)11(7-8)16-3/h4-7H,1-3H3,(H2,13,14)/b5-4+. The summed E-state index contributed by atoms with van der Waals surface area (Å²) in [4.78, 5) is 10.7. The molecule has 0 saturated heterocycles. The number of aryl methyl sites for hydroxylation is 1. The Hall–Kier alpha value is -1.97. The Balaban J connectivity index is 3.27. The van der Waals surface area contributed by atoms with Crippen LogP contribution in [0.2, 0.25) is 0 Å². The number of nitrogens with two attached hydrogens (primary N) is 1. The third kappa shape index (κ3) is 2.76. The molecule has 0 aromatic heterocycles. The fourth-order valence-electron chi connectivity index (χ4n) is 1.40. The van der Waals surface area contributed by atoms with E-state index in [4.69, 9.17) is 15.2 Å². The molecule has 0 saturated carbocycles. The Bertz CT molecular complexity index is 399. The van der Waals surface area contributed by atoms with Crippen molar-refractivity contribution in [2.75, 3.05) is 14.2 Å². The van der Waals surface area contributed by atoms with Crippen molar-refractivity contribution in [1.29, 1.82) is 0 Å². The molecule has 1 aromatic carbocycles. The second-order valence-corrected chi connectivity index (χ2v) is 3.32. The van der Waals surface area contributed by atoms with Crippen molar-refractivity contribution in [3.05, 3.63) is 29.3 Å². The number of primary amides is 1. The highest BCUT2D eigenvalue weighted by atomic mass is 16.5. The molecule has 4 nitrogen and oxygen atoms in total. The van der Waals surface area contributed by atoms with Crippen LogP contribution in [0, 0.1) is 6.92 Å². The number of amides is 1. The Labute approximate surface area is 94.7 Å². The van der Waals surface area contributed by atoms with Gasteiger partial charge in [0.05, 0.1) is 19.8 Å². The Morgan fingerprint density at radius 3 is 2.12 bits per heavy atom. The molecule has 86 valence electrons. The lowest BCUT2D eigenvalue weighted by atomic mass is 10.1. The van der Waals surface area contributed by atoms with E-state index in [1.165, 1.54) is 6.08 Å². The molecule has 1 amide bonds. The summed E-state index contributed by atoms with van der Waals surface area (Å²) in [7, 11) is 3.13. The Kier molecular flexibility index (Phi) is 3.94. The molecule has 0 bridgehead atoms. The first-order valence-electron chi connectivity index (χ1n) is 4.78. The molecule has 1 rings (SSSR count). The van der Waals surface area contributed by atoms with Gasteiger partial charge in [-0.2, -0.15) is 0 Å². The van der Waals surface area contributed by atoms with Gasteiger partial charge in [0.2, 0.25) is 5.91 Å². The van der Waals surface area contributed by atoms with Gasteiger partial charge in [0, 0.05) is 6.08 Å². The van der Waals surface area contributed by atoms with Crippen molar-refractivity contribution in [2.45, 2.75) is 6.92 Å². The number of benzene rings is 1. The lowest BCUT2D eigenvalue weighted by Crippen LogP contribution is -2.05. The third-order valence-corrected chi connectivity index (χ3v) is 2.10. The molecule has 0 aliphatic heterocycles.